The topological polar surface area (TPSA) is 26.0 Å². The zero-order valence-corrected chi connectivity index (χ0v) is 9.90. The second-order valence-electron chi connectivity index (χ2n) is 4.13. The van der Waals surface area contributed by atoms with Crippen LogP contribution >= 0.6 is 15.9 Å². The average Bonchev–Trinajstić information content (AvgIpc) is 2.99. The molecule has 0 saturated heterocycles. The van der Waals surface area contributed by atoms with Crippen molar-refractivity contribution in [3.63, 3.8) is 0 Å². The molecule has 2 nitrogen and oxygen atoms in total. The van der Waals surface area contributed by atoms with E-state index in [2.05, 4.69) is 20.9 Å². The molecular weight excluding hydrogens is 254 g/mol. The highest BCUT2D eigenvalue weighted by Crippen LogP contribution is 2.38. The highest BCUT2D eigenvalue weighted by atomic mass is 79.9. The predicted octanol–water partition coefficient (Wildman–Crippen LogP) is 3.54. The van der Waals surface area contributed by atoms with Crippen LogP contribution in [0.25, 0.3) is 11.1 Å². The van der Waals surface area contributed by atoms with E-state index in [0.29, 0.717) is 4.83 Å². The van der Waals surface area contributed by atoms with Gasteiger partial charge in [-0.1, -0.05) is 28.1 Å². The Balaban J connectivity index is 1.84. The van der Waals surface area contributed by atoms with Gasteiger partial charge >= 0.3 is 0 Å². The van der Waals surface area contributed by atoms with Crippen molar-refractivity contribution in [2.45, 2.75) is 24.1 Å². The van der Waals surface area contributed by atoms with Crippen molar-refractivity contribution >= 4 is 27.0 Å². The maximum atomic E-state index is 5.68. The Hall–Kier alpha value is -0.830. The number of oxazole rings is 1. The first-order chi connectivity index (χ1) is 7.33. The lowest BCUT2D eigenvalue weighted by molar-refractivity contribution is 0.516. The van der Waals surface area contributed by atoms with Crippen LogP contribution in [0.15, 0.2) is 28.7 Å². The number of benzene rings is 1. The van der Waals surface area contributed by atoms with Crippen LogP contribution in [0.2, 0.25) is 0 Å². The number of fused-ring (bicyclic) bond motifs is 1. The minimum atomic E-state index is 0.533. The average molecular weight is 266 g/mol. The van der Waals surface area contributed by atoms with Gasteiger partial charge in [-0.15, -0.1) is 0 Å². The number of aromatic nitrogens is 1. The quantitative estimate of drug-likeness (QED) is 0.794. The number of nitrogens with zero attached hydrogens (tertiary/aromatic N) is 1. The number of hydrogen-bond donors (Lipinski definition) is 0. The fraction of sp³-hybridized carbons (Fsp3) is 0.417. The molecular formula is C12H12BrNO. The smallest absolute Gasteiger partial charge is 0.196 e. The lowest BCUT2D eigenvalue weighted by Gasteiger charge is -2.02. The van der Waals surface area contributed by atoms with Gasteiger partial charge in [0.15, 0.2) is 11.5 Å². The van der Waals surface area contributed by atoms with E-state index in [4.69, 9.17) is 4.42 Å². The molecule has 1 aliphatic carbocycles. The monoisotopic (exact) mass is 265 g/mol. The van der Waals surface area contributed by atoms with Gasteiger partial charge in [-0.3, -0.25) is 0 Å². The zero-order valence-electron chi connectivity index (χ0n) is 8.32. The van der Waals surface area contributed by atoms with Gasteiger partial charge < -0.3 is 4.42 Å². The van der Waals surface area contributed by atoms with Crippen molar-refractivity contribution in [2.24, 2.45) is 5.92 Å². The summed E-state index contributed by atoms with van der Waals surface area (Å²) in [6, 6.07) is 7.92. The SMILES string of the molecule is BrC(Cc1nc2ccccc2o1)C1CC1. The summed E-state index contributed by atoms with van der Waals surface area (Å²) in [5.74, 6) is 1.69. The molecule has 1 aromatic carbocycles. The fourth-order valence-electron chi connectivity index (χ4n) is 1.80. The molecule has 78 valence electrons. The maximum absolute atomic E-state index is 5.68. The number of halogens is 1. The van der Waals surface area contributed by atoms with E-state index in [0.717, 1.165) is 29.3 Å². The normalized spacial score (nSPS) is 18.2. The summed E-state index contributed by atoms with van der Waals surface area (Å²) < 4.78 is 5.68. The first-order valence-electron chi connectivity index (χ1n) is 5.31. The first kappa shape index (κ1) is 9.40. The standard InChI is InChI=1S/C12H12BrNO/c13-9(8-5-6-8)7-12-14-10-3-1-2-4-11(10)15-12/h1-4,8-9H,5-7H2. The lowest BCUT2D eigenvalue weighted by atomic mass is 10.2. The molecule has 1 saturated carbocycles. The summed E-state index contributed by atoms with van der Waals surface area (Å²) in [6.45, 7) is 0. The Kier molecular flexibility index (Phi) is 2.28. The lowest BCUT2D eigenvalue weighted by Crippen LogP contribution is -2.04. The molecule has 0 spiro atoms. The summed E-state index contributed by atoms with van der Waals surface area (Å²) >= 11 is 3.70. The third-order valence-corrected chi connectivity index (χ3v) is 3.91. The predicted molar refractivity (Wildman–Crippen MR) is 63.2 cm³/mol. The van der Waals surface area contributed by atoms with E-state index < -0.39 is 0 Å². The minimum absolute atomic E-state index is 0.533. The molecule has 0 aliphatic heterocycles. The summed E-state index contributed by atoms with van der Waals surface area (Å²) in [4.78, 5) is 5.00. The van der Waals surface area contributed by atoms with Gasteiger partial charge in [0.1, 0.15) is 5.52 Å². The molecule has 0 radical (unpaired) electrons. The summed E-state index contributed by atoms with van der Waals surface area (Å²) in [5, 5.41) is 0. The number of alkyl halides is 1. The van der Waals surface area contributed by atoms with Gasteiger partial charge in [0.05, 0.1) is 0 Å². The highest BCUT2D eigenvalue weighted by molar-refractivity contribution is 9.09. The highest BCUT2D eigenvalue weighted by Gasteiger charge is 2.30. The Morgan fingerprint density at radius 3 is 2.93 bits per heavy atom. The van der Waals surface area contributed by atoms with Crippen LogP contribution in [0.5, 0.6) is 0 Å². The van der Waals surface area contributed by atoms with E-state index in [1.807, 2.05) is 24.3 Å². The minimum Gasteiger partial charge on any atom is -0.441 e. The summed E-state index contributed by atoms with van der Waals surface area (Å²) in [5.41, 5.74) is 1.85. The molecule has 15 heavy (non-hydrogen) atoms. The molecule has 1 aromatic heterocycles. The summed E-state index contributed by atoms with van der Waals surface area (Å²) in [6.07, 6.45) is 3.59. The summed E-state index contributed by atoms with van der Waals surface area (Å²) in [7, 11) is 0. The van der Waals surface area contributed by atoms with Crippen LogP contribution in [-0.4, -0.2) is 9.81 Å². The fourth-order valence-corrected chi connectivity index (χ4v) is 2.60. The first-order valence-corrected chi connectivity index (χ1v) is 6.23. The third kappa shape index (κ3) is 1.93. The maximum Gasteiger partial charge on any atom is 0.196 e. The van der Waals surface area contributed by atoms with E-state index in [-0.39, 0.29) is 0 Å². The van der Waals surface area contributed by atoms with E-state index >= 15 is 0 Å². The van der Waals surface area contributed by atoms with Crippen LogP contribution in [0.3, 0.4) is 0 Å². The van der Waals surface area contributed by atoms with Crippen LogP contribution < -0.4 is 0 Å². The van der Waals surface area contributed by atoms with Gasteiger partial charge in [0, 0.05) is 11.2 Å². The van der Waals surface area contributed by atoms with Gasteiger partial charge in [0.2, 0.25) is 0 Å². The Morgan fingerprint density at radius 1 is 1.40 bits per heavy atom. The molecule has 1 fully saturated rings. The van der Waals surface area contributed by atoms with Crippen molar-refractivity contribution in [1.29, 1.82) is 0 Å². The zero-order chi connectivity index (χ0) is 10.3. The molecule has 3 rings (SSSR count). The van der Waals surface area contributed by atoms with Crippen molar-refractivity contribution in [1.82, 2.24) is 4.98 Å². The van der Waals surface area contributed by atoms with Gasteiger partial charge in [-0.2, -0.15) is 0 Å². The third-order valence-electron chi connectivity index (χ3n) is 2.84. The van der Waals surface area contributed by atoms with Crippen molar-refractivity contribution in [3.05, 3.63) is 30.2 Å². The van der Waals surface area contributed by atoms with Crippen molar-refractivity contribution in [2.75, 3.05) is 0 Å². The van der Waals surface area contributed by atoms with Gasteiger partial charge in [0.25, 0.3) is 0 Å². The van der Waals surface area contributed by atoms with Crippen molar-refractivity contribution in [3.8, 4) is 0 Å². The van der Waals surface area contributed by atoms with E-state index in [9.17, 15) is 0 Å². The van der Waals surface area contributed by atoms with Gasteiger partial charge in [-0.25, -0.2) is 4.98 Å². The molecule has 1 heterocycles. The number of hydrogen-bond acceptors (Lipinski definition) is 2. The molecule has 0 N–H and O–H groups in total. The molecule has 1 aliphatic rings. The van der Waals surface area contributed by atoms with Crippen LogP contribution in [-0.2, 0) is 6.42 Å². The van der Waals surface area contributed by atoms with Crippen LogP contribution in [0, 0.1) is 5.92 Å². The Bertz CT molecular complexity index is 442. The van der Waals surface area contributed by atoms with Gasteiger partial charge in [-0.05, 0) is 30.9 Å². The van der Waals surface area contributed by atoms with E-state index in [1.54, 1.807) is 0 Å². The van der Waals surface area contributed by atoms with Crippen LogP contribution in [0.1, 0.15) is 18.7 Å². The Labute approximate surface area is 96.8 Å². The van der Waals surface area contributed by atoms with E-state index in [1.165, 1.54) is 12.8 Å². The molecule has 0 bridgehead atoms. The van der Waals surface area contributed by atoms with Crippen LogP contribution in [0.4, 0.5) is 0 Å². The molecule has 3 heteroatoms. The number of rotatable bonds is 3. The number of para-hydroxylation sites is 2. The second-order valence-corrected chi connectivity index (χ2v) is 5.31. The second kappa shape index (κ2) is 3.63. The molecule has 2 aromatic rings. The Morgan fingerprint density at radius 2 is 2.20 bits per heavy atom. The van der Waals surface area contributed by atoms with Crippen molar-refractivity contribution < 1.29 is 4.42 Å². The molecule has 0 amide bonds. The molecule has 1 atom stereocenters. The largest absolute Gasteiger partial charge is 0.441 e. The molecule has 1 unspecified atom stereocenters.